The van der Waals surface area contributed by atoms with Crippen LogP contribution in [0.25, 0.3) is 0 Å². The van der Waals surface area contributed by atoms with E-state index in [1.165, 1.54) is 0 Å². The molecule has 13 heavy (non-hydrogen) atoms. The average molecular weight is 190 g/mol. The van der Waals surface area contributed by atoms with Crippen LogP contribution >= 0.6 is 0 Å². The van der Waals surface area contributed by atoms with Crippen LogP contribution in [0.4, 0.5) is 0 Å². The zero-order chi connectivity index (χ0) is 10.4. The van der Waals surface area contributed by atoms with E-state index in [0.29, 0.717) is 0 Å². The molecule has 0 bridgehead atoms. The third kappa shape index (κ3) is 4.06. The van der Waals surface area contributed by atoms with Gasteiger partial charge in [-0.2, -0.15) is 0 Å². The Kier molecular flexibility index (Phi) is 4.45. The van der Waals surface area contributed by atoms with Crippen LogP contribution in [-0.2, 0) is 19.1 Å². The SMILES string of the molecule is COC(=O)C(=O)NC[C@H](N)C(=O)O. The van der Waals surface area contributed by atoms with Crippen LogP contribution in [0.5, 0.6) is 0 Å². The summed E-state index contributed by atoms with van der Waals surface area (Å²) in [5.74, 6) is -3.36. The van der Waals surface area contributed by atoms with Gasteiger partial charge >= 0.3 is 17.8 Å². The molecule has 0 radical (unpaired) electrons. The molecule has 7 heteroatoms. The number of methoxy groups -OCH3 is 1. The molecule has 1 atom stereocenters. The Morgan fingerprint density at radius 2 is 2.08 bits per heavy atom. The number of carbonyl (C=O) groups is 3. The summed E-state index contributed by atoms with van der Waals surface area (Å²) >= 11 is 0. The van der Waals surface area contributed by atoms with E-state index in [1.54, 1.807) is 0 Å². The van der Waals surface area contributed by atoms with E-state index >= 15 is 0 Å². The monoisotopic (exact) mass is 190 g/mol. The molecule has 0 unspecified atom stereocenters. The van der Waals surface area contributed by atoms with Crippen LogP contribution in [0, 0.1) is 0 Å². The molecule has 0 aromatic heterocycles. The number of hydrogen-bond donors (Lipinski definition) is 3. The predicted molar refractivity (Wildman–Crippen MR) is 40.6 cm³/mol. The number of nitrogens with one attached hydrogen (secondary N) is 1. The van der Waals surface area contributed by atoms with E-state index in [1.807, 2.05) is 5.32 Å². The van der Waals surface area contributed by atoms with Crippen molar-refractivity contribution in [1.82, 2.24) is 5.32 Å². The smallest absolute Gasteiger partial charge is 0.396 e. The number of aliphatic carboxylic acids is 1. The lowest BCUT2D eigenvalue weighted by molar-refractivity contribution is -0.153. The van der Waals surface area contributed by atoms with Crippen molar-refractivity contribution in [2.75, 3.05) is 13.7 Å². The quantitative estimate of drug-likeness (QED) is 0.340. The minimum atomic E-state index is -1.26. The summed E-state index contributed by atoms with van der Waals surface area (Å²) < 4.78 is 4.07. The molecule has 0 aliphatic heterocycles. The zero-order valence-corrected chi connectivity index (χ0v) is 6.94. The second-order valence-electron chi connectivity index (χ2n) is 2.15. The number of carbonyl (C=O) groups excluding carboxylic acids is 2. The fourth-order valence-corrected chi connectivity index (χ4v) is 0.455. The minimum Gasteiger partial charge on any atom is -0.480 e. The molecular formula is C6H10N2O5. The van der Waals surface area contributed by atoms with Gasteiger partial charge in [0, 0.05) is 6.54 Å². The van der Waals surface area contributed by atoms with Gasteiger partial charge in [0.05, 0.1) is 7.11 Å². The number of rotatable bonds is 3. The fraction of sp³-hybridized carbons (Fsp3) is 0.500. The highest BCUT2D eigenvalue weighted by Crippen LogP contribution is 1.78. The highest BCUT2D eigenvalue weighted by atomic mass is 16.5. The number of amides is 1. The summed E-state index contributed by atoms with van der Waals surface area (Å²) in [6, 6.07) is -1.23. The van der Waals surface area contributed by atoms with Crippen LogP contribution in [0.2, 0.25) is 0 Å². The molecular weight excluding hydrogens is 180 g/mol. The predicted octanol–water partition coefficient (Wildman–Crippen LogP) is -2.31. The van der Waals surface area contributed by atoms with Crippen molar-refractivity contribution in [3.8, 4) is 0 Å². The Balaban J connectivity index is 3.83. The van der Waals surface area contributed by atoms with Crippen LogP contribution in [-0.4, -0.2) is 42.6 Å². The molecule has 0 spiro atoms. The molecule has 0 saturated carbocycles. The van der Waals surface area contributed by atoms with Gasteiger partial charge in [-0.05, 0) is 0 Å². The summed E-state index contributed by atoms with van der Waals surface area (Å²) in [6.07, 6.45) is 0. The highest BCUT2D eigenvalue weighted by Gasteiger charge is 2.17. The first-order valence-corrected chi connectivity index (χ1v) is 3.33. The first-order valence-electron chi connectivity index (χ1n) is 3.33. The topological polar surface area (TPSA) is 119 Å². The molecule has 0 fully saturated rings. The normalized spacial score (nSPS) is 11.5. The van der Waals surface area contributed by atoms with Crippen molar-refractivity contribution in [2.45, 2.75) is 6.04 Å². The molecule has 74 valence electrons. The van der Waals surface area contributed by atoms with Gasteiger partial charge in [0.1, 0.15) is 6.04 Å². The summed E-state index contributed by atoms with van der Waals surface area (Å²) in [7, 11) is 1.04. The Bertz CT molecular complexity index is 227. The van der Waals surface area contributed by atoms with Crippen molar-refractivity contribution >= 4 is 17.8 Å². The summed E-state index contributed by atoms with van der Waals surface area (Å²) in [5.41, 5.74) is 5.04. The van der Waals surface area contributed by atoms with Crippen LogP contribution in [0.1, 0.15) is 0 Å². The second-order valence-corrected chi connectivity index (χ2v) is 2.15. The van der Waals surface area contributed by atoms with E-state index < -0.39 is 23.9 Å². The number of carboxylic acid groups (broad SMARTS) is 1. The van der Waals surface area contributed by atoms with Gasteiger partial charge in [-0.1, -0.05) is 0 Å². The molecule has 7 nitrogen and oxygen atoms in total. The maximum atomic E-state index is 10.7. The van der Waals surface area contributed by atoms with E-state index in [2.05, 4.69) is 4.74 Å². The second kappa shape index (κ2) is 5.09. The van der Waals surface area contributed by atoms with Gasteiger partial charge in [0.2, 0.25) is 0 Å². The Hall–Kier alpha value is -1.63. The van der Waals surface area contributed by atoms with Gasteiger partial charge < -0.3 is 20.9 Å². The Morgan fingerprint density at radius 3 is 2.46 bits per heavy atom. The number of nitrogens with two attached hydrogens (primary N) is 1. The first-order chi connectivity index (χ1) is 5.99. The number of ether oxygens (including phenoxy) is 1. The van der Waals surface area contributed by atoms with Crippen LogP contribution < -0.4 is 11.1 Å². The Labute approximate surface area is 73.8 Å². The molecule has 0 aromatic carbocycles. The van der Waals surface area contributed by atoms with Gasteiger partial charge in [-0.3, -0.25) is 9.59 Å². The number of carboxylic acids is 1. The van der Waals surface area contributed by atoms with Gasteiger partial charge in [-0.25, -0.2) is 4.79 Å². The molecule has 0 rings (SSSR count). The zero-order valence-electron chi connectivity index (χ0n) is 6.94. The van der Waals surface area contributed by atoms with Crippen LogP contribution in [0.3, 0.4) is 0 Å². The van der Waals surface area contributed by atoms with Crippen molar-refractivity contribution in [1.29, 1.82) is 0 Å². The van der Waals surface area contributed by atoms with Gasteiger partial charge in [0.25, 0.3) is 0 Å². The van der Waals surface area contributed by atoms with E-state index in [0.717, 1.165) is 7.11 Å². The molecule has 1 amide bonds. The first kappa shape index (κ1) is 11.4. The standard InChI is InChI=1S/C6H10N2O5/c1-13-6(12)4(9)8-2-3(7)5(10)11/h3H,2,7H2,1H3,(H,8,9)(H,10,11)/t3-/m0/s1. The van der Waals surface area contributed by atoms with Crippen molar-refractivity contribution in [2.24, 2.45) is 5.73 Å². The lowest BCUT2D eigenvalue weighted by Crippen LogP contribution is -2.44. The third-order valence-electron chi connectivity index (χ3n) is 1.17. The summed E-state index contributed by atoms with van der Waals surface area (Å²) in [5, 5.41) is 10.3. The maximum Gasteiger partial charge on any atom is 0.396 e. The maximum absolute atomic E-state index is 10.7. The average Bonchev–Trinajstić information content (AvgIpc) is 2.11. The summed E-state index contributed by atoms with van der Waals surface area (Å²) in [4.78, 5) is 31.3. The Morgan fingerprint density at radius 1 is 1.54 bits per heavy atom. The molecule has 0 heterocycles. The molecule has 0 saturated heterocycles. The molecule has 0 aromatic rings. The number of hydrogen-bond acceptors (Lipinski definition) is 5. The third-order valence-corrected chi connectivity index (χ3v) is 1.17. The van der Waals surface area contributed by atoms with E-state index in [4.69, 9.17) is 10.8 Å². The van der Waals surface area contributed by atoms with Crippen molar-refractivity contribution in [3.63, 3.8) is 0 Å². The van der Waals surface area contributed by atoms with E-state index in [-0.39, 0.29) is 6.54 Å². The van der Waals surface area contributed by atoms with Crippen molar-refractivity contribution in [3.05, 3.63) is 0 Å². The number of esters is 1. The minimum absolute atomic E-state index is 0.316. The lowest BCUT2D eigenvalue weighted by Gasteiger charge is -2.06. The van der Waals surface area contributed by atoms with Crippen molar-refractivity contribution < 1.29 is 24.2 Å². The summed E-state index contributed by atoms with van der Waals surface area (Å²) in [6.45, 7) is -0.316. The fourth-order valence-electron chi connectivity index (χ4n) is 0.455. The van der Waals surface area contributed by atoms with Gasteiger partial charge in [-0.15, -0.1) is 0 Å². The lowest BCUT2D eigenvalue weighted by atomic mass is 10.3. The largest absolute Gasteiger partial charge is 0.480 e. The molecule has 0 aliphatic rings. The molecule has 0 aliphatic carbocycles. The molecule has 4 N–H and O–H groups in total. The van der Waals surface area contributed by atoms with Gasteiger partial charge in [0.15, 0.2) is 0 Å². The van der Waals surface area contributed by atoms with E-state index in [9.17, 15) is 14.4 Å². The van der Waals surface area contributed by atoms with Crippen LogP contribution in [0.15, 0.2) is 0 Å². The highest BCUT2D eigenvalue weighted by molar-refractivity contribution is 6.32.